The highest BCUT2D eigenvalue weighted by Crippen LogP contribution is 2.29. The van der Waals surface area contributed by atoms with Crippen LogP contribution < -0.4 is 5.32 Å². The second-order valence-corrected chi connectivity index (χ2v) is 4.92. The van der Waals surface area contributed by atoms with Crippen molar-refractivity contribution in [2.45, 2.75) is 44.6 Å². The first-order valence-electron chi connectivity index (χ1n) is 6.26. The number of rotatable bonds is 3. The van der Waals surface area contributed by atoms with Crippen LogP contribution in [0.3, 0.4) is 0 Å². The highest BCUT2D eigenvalue weighted by molar-refractivity contribution is 5.93. The van der Waals surface area contributed by atoms with Gasteiger partial charge in [-0.05, 0) is 50.2 Å². The fraction of sp³-hybridized carbons (Fsp3) is 0.538. The highest BCUT2D eigenvalue weighted by Gasteiger charge is 2.25. The van der Waals surface area contributed by atoms with Crippen LogP contribution in [0.5, 0.6) is 0 Å². The van der Waals surface area contributed by atoms with Crippen LogP contribution in [0.1, 0.15) is 47.3 Å². The van der Waals surface area contributed by atoms with E-state index in [-0.39, 0.29) is 0 Å². The Balaban J connectivity index is 2.00. The largest absolute Gasteiger partial charge is 0.478 e. The van der Waals surface area contributed by atoms with E-state index in [4.69, 9.17) is 0 Å². The number of fused-ring (bicyclic) bond motifs is 1. The molecule has 1 saturated carbocycles. The summed E-state index contributed by atoms with van der Waals surface area (Å²) < 4.78 is 0. The predicted molar refractivity (Wildman–Crippen MR) is 64.5 cm³/mol. The van der Waals surface area contributed by atoms with Gasteiger partial charge in [-0.15, -0.1) is 0 Å². The van der Waals surface area contributed by atoms with E-state index < -0.39 is 5.97 Å². The fourth-order valence-electron chi connectivity index (χ4n) is 2.33. The molecule has 1 aromatic heterocycles. The molecular formula is C13H16N2O2. The van der Waals surface area contributed by atoms with Gasteiger partial charge in [0.2, 0.25) is 0 Å². The summed E-state index contributed by atoms with van der Waals surface area (Å²) >= 11 is 0. The molecule has 0 radical (unpaired) electrons. The summed E-state index contributed by atoms with van der Waals surface area (Å²) in [4.78, 5) is 15.8. The van der Waals surface area contributed by atoms with Crippen molar-refractivity contribution in [2.24, 2.45) is 0 Å². The lowest BCUT2D eigenvalue weighted by atomic mass is 9.94. The zero-order valence-electron chi connectivity index (χ0n) is 9.70. The van der Waals surface area contributed by atoms with E-state index in [1.165, 1.54) is 0 Å². The van der Waals surface area contributed by atoms with Crippen molar-refractivity contribution in [2.75, 3.05) is 5.32 Å². The molecule has 0 unspecified atom stereocenters. The minimum absolute atomic E-state index is 0.331. The molecule has 1 aromatic rings. The van der Waals surface area contributed by atoms with Crippen LogP contribution in [0.25, 0.3) is 0 Å². The maximum Gasteiger partial charge on any atom is 0.339 e. The third-order valence-corrected chi connectivity index (χ3v) is 3.45. The van der Waals surface area contributed by atoms with E-state index >= 15 is 0 Å². The summed E-state index contributed by atoms with van der Waals surface area (Å²) in [5.41, 5.74) is 2.54. The van der Waals surface area contributed by atoms with Crippen LogP contribution in [0.2, 0.25) is 0 Å². The van der Waals surface area contributed by atoms with Crippen LogP contribution in [0, 0.1) is 0 Å². The summed E-state index contributed by atoms with van der Waals surface area (Å²) in [7, 11) is 0. The molecule has 2 aliphatic rings. The minimum atomic E-state index is -0.881. The van der Waals surface area contributed by atoms with Gasteiger partial charge < -0.3 is 10.4 Å². The maximum atomic E-state index is 11.2. The third kappa shape index (κ3) is 2.12. The smallest absolute Gasteiger partial charge is 0.339 e. The second kappa shape index (κ2) is 4.02. The van der Waals surface area contributed by atoms with Crippen LogP contribution >= 0.6 is 0 Å². The van der Waals surface area contributed by atoms with Crippen LogP contribution in [0.4, 0.5) is 5.82 Å². The number of nitrogens with one attached hydrogen (secondary N) is 1. The molecule has 2 aliphatic carbocycles. The Bertz CT molecular complexity index is 467. The number of anilines is 1. The van der Waals surface area contributed by atoms with Gasteiger partial charge >= 0.3 is 5.97 Å². The summed E-state index contributed by atoms with van der Waals surface area (Å²) in [5.74, 6) is -0.310. The predicted octanol–water partition coefficient (Wildman–Crippen LogP) is 2.23. The lowest BCUT2D eigenvalue weighted by Crippen LogP contribution is -2.15. The molecule has 4 nitrogen and oxygen atoms in total. The first-order chi connectivity index (χ1) is 8.24. The number of hydrogen-bond acceptors (Lipinski definition) is 3. The van der Waals surface area contributed by atoms with Gasteiger partial charge in [-0.25, -0.2) is 9.78 Å². The van der Waals surface area contributed by atoms with Crippen molar-refractivity contribution in [3.05, 3.63) is 22.9 Å². The van der Waals surface area contributed by atoms with Crippen LogP contribution in [-0.2, 0) is 12.8 Å². The Hall–Kier alpha value is -1.58. The Morgan fingerprint density at radius 3 is 2.82 bits per heavy atom. The molecule has 0 bridgehead atoms. The zero-order valence-corrected chi connectivity index (χ0v) is 9.70. The normalized spacial score (nSPS) is 18.6. The molecule has 90 valence electrons. The molecule has 0 spiro atoms. The number of pyridine rings is 1. The van der Waals surface area contributed by atoms with E-state index in [0.717, 1.165) is 49.8 Å². The van der Waals surface area contributed by atoms with Gasteiger partial charge in [-0.3, -0.25) is 0 Å². The monoisotopic (exact) mass is 232 g/mol. The SMILES string of the molecule is O=C(O)c1cc2c(nc1NC1CC1)CCCC2. The molecule has 2 N–H and O–H groups in total. The summed E-state index contributed by atoms with van der Waals surface area (Å²) in [5, 5.41) is 12.4. The summed E-state index contributed by atoms with van der Waals surface area (Å²) in [6.07, 6.45) is 6.50. The molecular weight excluding hydrogens is 216 g/mol. The first-order valence-corrected chi connectivity index (χ1v) is 6.26. The number of nitrogens with zero attached hydrogens (tertiary/aromatic N) is 1. The second-order valence-electron chi connectivity index (χ2n) is 4.92. The number of carbonyl (C=O) groups is 1. The molecule has 1 fully saturated rings. The topological polar surface area (TPSA) is 62.2 Å². The summed E-state index contributed by atoms with van der Waals surface area (Å²) in [6, 6.07) is 2.25. The van der Waals surface area contributed by atoms with Crippen LogP contribution in [-0.4, -0.2) is 22.1 Å². The average Bonchev–Trinajstić information content (AvgIpc) is 3.12. The van der Waals surface area contributed by atoms with E-state index in [2.05, 4.69) is 10.3 Å². The van der Waals surface area contributed by atoms with Crippen molar-refractivity contribution >= 4 is 11.8 Å². The van der Waals surface area contributed by atoms with Gasteiger partial charge in [0.1, 0.15) is 11.4 Å². The Morgan fingerprint density at radius 1 is 1.35 bits per heavy atom. The highest BCUT2D eigenvalue weighted by atomic mass is 16.4. The third-order valence-electron chi connectivity index (χ3n) is 3.45. The van der Waals surface area contributed by atoms with E-state index in [9.17, 15) is 9.90 Å². The lowest BCUT2D eigenvalue weighted by Gasteiger charge is -2.18. The average molecular weight is 232 g/mol. The molecule has 0 saturated heterocycles. The first kappa shape index (κ1) is 10.6. The Kier molecular flexibility index (Phi) is 2.50. The van der Waals surface area contributed by atoms with Crippen molar-refractivity contribution in [1.82, 2.24) is 4.98 Å². The van der Waals surface area contributed by atoms with Crippen molar-refractivity contribution in [3.63, 3.8) is 0 Å². The van der Waals surface area contributed by atoms with Crippen molar-refractivity contribution < 1.29 is 9.90 Å². The van der Waals surface area contributed by atoms with Gasteiger partial charge in [-0.1, -0.05) is 0 Å². The number of aromatic carboxylic acids is 1. The number of hydrogen-bond donors (Lipinski definition) is 2. The molecule has 0 amide bonds. The van der Waals surface area contributed by atoms with Crippen LogP contribution in [0.15, 0.2) is 6.07 Å². The van der Waals surface area contributed by atoms with Crippen molar-refractivity contribution in [1.29, 1.82) is 0 Å². The number of aryl methyl sites for hydroxylation is 2. The standard InChI is InChI=1S/C13H16N2O2/c16-13(17)10-7-8-3-1-2-4-11(8)15-12(10)14-9-5-6-9/h7,9H,1-6H2,(H,14,15)(H,16,17). The van der Waals surface area contributed by atoms with Gasteiger partial charge in [0.05, 0.1) is 0 Å². The van der Waals surface area contributed by atoms with Gasteiger partial charge in [0.25, 0.3) is 0 Å². The lowest BCUT2D eigenvalue weighted by molar-refractivity contribution is 0.0697. The van der Waals surface area contributed by atoms with Gasteiger partial charge in [-0.2, -0.15) is 0 Å². The zero-order chi connectivity index (χ0) is 11.8. The van der Waals surface area contributed by atoms with E-state index in [0.29, 0.717) is 17.4 Å². The van der Waals surface area contributed by atoms with Gasteiger partial charge in [0, 0.05) is 11.7 Å². The molecule has 0 atom stereocenters. The molecule has 0 aliphatic heterocycles. The number of carboxylic acids is 1. The number of carboxylic acid groups (broad SMARTS) is 1. The van der Waals surface area contributed by atoms with Crippen molar-refractivity contribution in [3.8, 4) is 0 Å². The van der Waals surface area contributed by atoms with Gasteiger partial charge in [0.15, 0.2) is 0 Å². The number of aromatic nitrogens is 1. The maximum absolute atomic E-state index is 11.2. The van der Waals surface area contributed by atoms with E-state index in [1.54, 1.807) is 0 Å². The Morgan fingerprint density at radius 2 is 2.12 bits per heavy atom. The summed E-state index contributed by atoms with van der Waals surface area (Å²) in [6.45, 7) is 0. The quantitative estimate of drug-likeness (QED) is 0.839. The molecule has 0 aromatic carbocycles. The Labute approximate surface area is 100 Å². The molecule has 17 heavy (non-hydrogen) atoms. The molecule has 4 heteroatoms. The van der Waals surface area contributed by atoms with E-state index in [1.807, 2.05) is 6.07 Å². The molecule has 3 rings (SSSR count). The minimum Gasteiger partial charge on any atom is -0.478 e. The fourth-order valence-corrected chi connectivity index (χ4v) is 2.33. The molecule has 1 heterocycles.